The first kappa shape index (κ1) is 28.3. The maximum Gasteiger partial charge on any atom is 0.416 e. The zero-order valence-electron chi connectivity index (χ0n) is 20.8. The number of benzene rings is 3. The molecule has 1 fully saturated rings. The molecule has 12 heteroatoms. The van der Waals surface area contributed by atoms with Crippen LogP contribution in [0, 0.1) is 17.6 Å². The van der Waals surface area contributed by atoms with Gasteiger partial charge in [0.15, 0.2) is 0 Å². The Labute approximate surface area is 222 Å². The summed E-state index contributed by atoms with van der Waals surface area (Å²) in [6.45, 7) is -0.195. The number of ether oxygens (including phenoxy) is 1. The minimum absolute atomic E-state index is 0.0184. The van der Waals surface area contributed by atoms with E-state index in [0.29, 0.717) is 12.0 Å². The minimum atomic E-state index is -4.71. The highest BCUT2D eigenvalue weighted by Gasteiger charge is 2.35. The number of fused-ring (bicyclic) bond motifs is 1. The van der Waals surface area contributed by atoms with Crippen LogP contribution in [0.25, 0.3) is 11.1 Å². The van der Waals surface area contributed by atoms with E-state index in [1.807, 2.05) is 0 Å². The number of nitrogens with one attached hydrogen (secondary N) is 1. The van der Waals surface area contributed by atoms with Gasteiger partial charge in [0, 0.05) is 18.5 Å². The van der Waals surface area contributed by atoms with Crippen molar-refractivity contribution in [2.45, 2.75) is 30.3 Å². The fourth-order valence-electron chi connectivity index (χ4n) is 4.16. The molecule has 0 bridgehead atoms. The van der Waals surface area contributed by atoms with Crippen molar-refractivity contribution in [1.82, 2.24) is 5.32 Å². The predicted octanol–water partition coefficient (Wildman–Crippen LogP) is 5.77. The molecule has 6 nitrogen and oxygen atoms in total. The Bertz CT molecular complexity index is 1470. The fourth-order valence-corrected chi connectivity index (χ4v) is 5.66. The summed E-state index contributed by atoms with van der Waals surface area (Å²) in [5.74, 6) is -0.678. The van der Waals surface area contributed by atoms with Crippen LogP contribution in [-0.4, -0.2) is 34.5 Å². The highest BCUT2D eigenvalue weighted by Crippen LogP contribution is 2.40. The second kappa shape index (κ2) is 11.2. The van der Waals surface area contributed by atoms with Crippen molar-refractivity contribution >= 4 is 21.6 Å². The summed E-state index contributed by atoms with van der Waals surface area (Å²) in [6.07, 6.45) is -1.28. The van der Waals surface area contributed by atoms with E-state index in [0.717, 1.165) is 53.5 Å². The van der Waals surface area contributed by atoms with Gasteiger partial charge in [-0.25, -0.2) is 17.2 Å². The van der Waals surface area contributed by atoms with Crippen molar-refractivity contribution < 1.29 is 39.9 Å². The molecule has 2 aliphatic rings. The van der Waals surface area contributed by atoms with E-state index in [4.69, 9.17) is 4.74 Å². The lowest BCUT2D eigenvalue weighted by Crippen LogP contribution is -2.38. The lowest BCUT2D eigenvalue weighted by atomic mass is 9.85. The molecule has 3 aromatic carbocycles. The Morgan fingerprint density at radius 3 is 2.38 bits per heavy atom. The van der Waals surface area contributed by atoms with E-state index in [1.165, 1.54) is 24.6 Å². The van der Waals surface area contributed by atoms with Crippen LogP contribution in [-0.2, 0) is 21.0 Å². The summed E-state index contributed by atoms with van der Waals surface area (Å²) >= 11 is 0. The van der Waals surface area contributed by atoms with Gasteiger partial charge in [-0.15, -0.1) is 0 Å². The number of halogens is 5. The lowest BCUT2D eigenvalue weighted by Gasteiger charge is -2.31. The highest BCUT2D eigenvalue weighted by atomic mass is 32.2. The molecular formula is C27H25F5N2O4S. The van der Waals surface area contributed by atoms with Gasteiger partial charge in [0.2, 0.25) is 5.91 Å². The number of alkyl halides is 3. The lowest BCUT2D eigenvalue weighted by molar-refractivity contribution is -0.137. The van der Waals surface area contributed by atoms with E-state index in [9.17, 15) is 35.2 Å². The topological polar surface area (TPSA) is 75.7 Å². The van der Waals surface area contributed by atoms with Gasteiger partial charge in [0.1, 0.15) is 24.0 Å². The molecule has 1 aliphatic heterocycles. The van der Waals surface area contributed by atoms with Gasteiger partial charge in [-0.1, -0.05) is 18.6 Å². The van der Waals surface area contributed by atoms with Crippen LogP contribution in [0.4, 0.5) is 27.6 Å². The molecule has 39 heavy (non-hydrogen) atoms. The second-order valence-corrected chi connectivity index (χ2v) is 10.9. The molecule has 0 unspecified atom stereocenters. The third-order valence-corrected chi connectivity index (χ3v) is 8.30. The van der Waals surface area contributed by atoms with Crippen molar-refractivity contribution in [3.8, 4) is 16.9 Å². The van der Waals surface area contributed by atoms with Crippen molar-refractivity contribution in [3.05, 3.63) is 77.9 Å². The van der Waals surface area contributed by atoms with Crippen molar-refractivity contribution in [2.24, 2.45) is 5.92 Å². The number of rotatable bonds is 4. The number of anilines is 1. The van der Waals surface area contributed by atoms with Gasteiger partial charge in [-0.2, -0.15) is 13.2 Å². The smallest absolute Gasteiger partial charge is 0.416 e. The normalized spacial score (nSPS) is 15.3. The van der Waals surface area contributed by atoms with Crippen LogP contribution < -0.4 is 14.4 Å². The molecule has 0 saturated heterocycles. The molecule has 0 atom stereocenters. The molecule has 1 heterocycles. The van der Waals surface area contributed by atoms with Gasteiger partial charge in [0.05, 0.1) is 22.7 Å². The van der Waals surface area contributed by atoms with E-state index < -0.39 is 38.3 Å². The highest BCUT2D eigenvalue weighted by molar-refractivity contribution is 7.92. The van der Waals surface area contributed by atoms with Crippen LogP contribution in [0.3, 0.4) is 0 Å². The standard InChI is InChI=1S/C21H14F5NO3S.C6H11NO/c22-15-5-6-18(23)17(12-15)13-4-7-20-19(10-13)27(8-9-30-20)31(28,29)16-3-1-2-14(11-16)21(24,25)26;1-7-6(8)5-3-2-4-5/h1-7,10-12H,8-9H2;5H,2-4H2,1H3,(H,7,8). The maximum absolute atomic E-state index is 14.2. The fraction of sp³-hybridized carbons (Fsp3) is 0.296. The number of sulfonamides is 1. The molecule has 1 amide bonds. The second-order valence-electron chi connectivity index (χ2n) is 9.00. The number of hydrogen-bond acceptors (Lipinski definition) is 4. The summed E-state index contributed by atoms with van der Waals surface area (Å²) in [7, 11) is -2.69. The molecule has 0 aromatic heterocycles. The predicted molar refractivity (Wildman–Crippen MR) is 135 cm³/mol. The molecule has 3 aromatic rings. The molecule has 1 N–H and O–H groups in total. The van der Waals surface area contributed by atoms with Gasteiger partial charge in [-0.3, -0.25) is 9.10 Å². The third kappa shape index (κ3) is 6.16. The molecular weight excluding hydrogens is 543 g/mol. The van der Waals surface area contributed by atoms with E-state index >= 15 is 0 Å². The average Bonchev–Trinajstić information content (AvgIpc) is 2.88. The van der Waals surface area contributed by atoms with Crippen molar-refractivity contribution in [1.29, 1.82) is 0 Å². The number of carbonyl (C=O) groups excluding carboxylic acids is 1. The Morgan fingerprint density at radius 2 is 1.77 bits per heavy atom. The summed E-state index contributed by atoms with van der Waals surface area (Å²) in [4.78, 5) is 10.1. The summed E-state index contributed by atoms with van der Waals surface area (Å²) in [5.41, 5.74) is -0.988. The van der Waals surface area contributed by atoms with Crippen LogP contribution in [0.15, 0.2) is 65.6 Å². The number of hydrogen-bond donors (Lipinski definition) is 1. The number of nitrogens with zero attached hydrogens (tertiary/aromatic N) is 1. The Kier molecular flexibility index (Phi) is 8.15. The first-order chi connectivity index (χ1) is 18.4. The monoisotopic (exact) mass is 568 g/mol. The maximum atomic E-state index is 14.2. The quantitative estimate of drug-likeness (QED) is 0.406. The molecule has 5 rings (SSSR count). The van der Waals surface area contributed by atoms with Crippen molar-refractivity contribution in [3.63, 3.8) is 0 Å². The largest absolute Gasteiger partial charge is 0.489 e. The van der Waals surface area contributed by atoms with Crippen LogP contribution in [0.2, 0.25) is 0 Å². The van der Waals surface area contributed by atoms with E-state index in [2.05, 4.69) is 5.32 Å². The van der Waals surface area contributed by atoms with E-state index in [1.54, 1.807) is 7.05 Å². The Balaban J connectivity index is 0.000000379. The number of carbonyl (C=O) groups is 1. The summed E-state index contributed by atoms with van der Waals surface area (Å²) < 4.78 is 99.7. The van der Waals surface area contributed by atoms with Crippen molar-refractivity contribution in [2.75, 3.05) is 24.5 Å². The third-order valence-electron chi connectivity index (χ3n) is 6.49. The first-order valence-electron chi connectivity index (χ1n) is 12.1. The van der Waals surface area contributed by atoms with E-state index in [-0.39, 0.29) is 41.6 Å². The minimum Gasteiger partial charge on any atom is -0.489 e. The average molecular weight is 569 g/mol. The van der Waals surface area contributed by atoms with Crippen LogP contribution >= 0.6 is 0 Å². The molecule has 1 aliphatic carbocycles. The van der Waals surface area contributed by atoms with Gasteiger partial charge < -0.3 is 10.1 Å². The Hall–Kier alpha value is -3.67. The Morgan fingerprint density at radius 1 is 1.03 bits per heavy atom. The summed E-state index contributed by atoms with van der Waals surface area (Å²) in [5, 5.41) is 2.63. The molecule has 208 valence electrons. The zero-order chi connectivity index (χ0) is 28.4. The molecule has 0 radical (unpaired) electrons. The molecule has 1 saturated carbocycles. The zero-order valence-corrected chi connectivity index (χ0v) is 21.6. The number of amides is 1. The van der Waals surface area contributed by atoms with Gasteiger partial charge in [-0.05, 0) is 66.9 Å². The summed E-state index contributed by atoms with van der Waals surface area (Å²) in [6, 6.07) is 10.4. The van der Waals surface area contributed by atoms with Crippen LogP contribution in [0.1, 0.15) is 24.8 Å². The van der Waals surface area contributed by atoms with Crippen LogP contribution in [0.5, 0.6) is 5.75 Å². The molecule has 0 spiro atoms. The first-order valence-corrected chi connectivity index (χ1v) is 13.5. The van der Waals surface area contributed by atoms with Gasteiger partial charge >= 0.3 is 6.18 Å². The van der Waals surface area contributed by atoms with Gasteiger partial charge in [0.25, 0.3) is 10.0 Å². The SMILES string of the molecule is CNC(=O)C1CCC1.O=S(=O)(c1cccc(C(F)(F)F)c1)N1CCOc2ccc(-c3cc(F)ccc3F)cc21.